The number of aliphatic hydroxyl groups excluding tert-OH is 1. The molecule has 0 saturated carbocycles. The summed E-state index contributed by atoms with van der Waals surface area (Å²) >= 11 is 0. The maximum atomic E-state index is 12.7. The topological polar surface area (TPSA) is 66.3 Å². The van der Waals surface area contributed by atoms with Crippen LogP contribution in [-0.4, -0.2) is 33.6 Å². The number of rotatable bonds is 3. The Kier molecular flexibility index (Phi) is 3.81. The third-order valence-electron chi connectivity index (χ3n) is 3.63. The number of carbonyl (C=O) groups excluding carboxylic acids is 1. The van der Waals surface area contributed by atoms with Crippen molar-refractivity contribution in [3.63, 3.8) is 0 Å². The lowest BCUT2D eigenvalue weighted by molar-refractivity contribution is 0.0962. The van der Waals surface area contributed by atoms with E-state index in [1.807, 2.05) is 12.1 Å². The summed E-state index contributed by atoms with van der Waals surface area (Å²) in [6.45, 7) is -0.215. The van der Waals surface area contributed by atoms with Crippen molar-refractivity contribution in [2.45, 2.75) is 18.9 Å². The van der Waals surface area contributed by atoms with Gasteiger partial charge in [-0.2, -0.15) is 0 Å². The van der Waals surface area contributed by atoms with Gasteiger partial charge in [0.05, 0.1) is 12.6 Å². The highest BCUT2D eigenvalue weighted by Gasteiger charge is 2.34. The van der Waals surface area contributed by atoms with Gasteiger partial charge < -0.3 is 10.0 Å². The van der Waals surface area contributed by atoms with E-state index in [9.17, 15) is 18.7 Å². The molecule has 1 atom stereocenters. The third-order valence-corrected chi connectivity index (χ3v) is 3.63. The van der Waals surface area contributed by atoms with Gasteiger partial charge in [-0.3, -0.25) is 4.79 Å². The van der Waals surface area contributed by atoms with Crippen LogP contribution in [0.2, 0.25) is 0 Å². The first kappa shape index (κ1) is 14.5. The zero-order valence-corrected chi connectivity index (χ0v) is 11.5. The highest BCUT2D eigenvalue weighted by atomic mass is 19.3. The molecule has 1 aliphatic rings. The molecule has 0 bridgehead atoms. The maximum Gasteiger partial charge on any atom is 0.280 e. The number of alkyl halides is 2. The van der Waals surface area contributed by atoms with E-state index >= 15 is 0 Å². The van der Waals surface area contributed by atoms with E-state index in [0.29, 0.717) is 12.1 Å². The molecule has 2 aromatic rings. The first-order chi connectivity index (χ1) is 10.6. The van der Waals surface area contributed by atoms with Gasteiger partial charge in [-0.05, 0) is 24.1 Å². The molecule has 114 valence electrons. The molecule has 1 aromatic carbocycles. The van der Waals surface area contributed by atoms with Crippen molar-refractivity contribution in [2.75, 3.05) is 11.5 Å². The number of hydrogen-bond acceptors (Lipinski definition) is 4. The molecule has 2 heterocycles. The van der Waals surface area contributed by atoms with Crippen LogP contribution in [0.15, 0.2) is 36.7 Å². The summed E-state index contributed by atoms with van der Waals surface area (Å²) in [6.07, 6.45) is -1.30. The molecule has 0 saturated heterocycles. The fourth-order valence-corrected chi connectivity index (χ4v) is 2.61. The molecule has 1 unspecified atom stereocenters. The van der Waals surface area contributed by atoms with Gasteiger partial charge in [-0.25, -0.2) is 18.7 Å². The summed E-state index contributed by atoms with van der Waals surface area (Å²) in [5.41, 5.74) is 0.994. The summed E-state index contributed by atoms with van der Waals surface area (Å²) in [5.74, 6) is -0.520. The van der Waals surface area contributed by atoms with Crippen molar-refractivity contribution in [2.24, 2.45) is 0 Å². The molecule has 0 spiro atoms. The van der Waals surface area contributed by atoms with E-state index in [4.69, 9.17) is 0 Å². The fourth-order valence-electron chi connectivity index (χ4n) is 2.61. The van der Waals surface area contributed by atoms with E-state index in [1.165, 1.54) is 4.90 Å². The van der Waals surface area contributed by atoms with Gasteiger partial charge in [-0.1, -0.05) is 18.2 Å². The molecular formula is C15H13F2N3O2. The first-order valence-electron chi connectivity index (χ1n) is 6.74. The van der Waals surface area contributed by atoms with E-state index in [0.717, 1.165) is 18.0 Å². The van der Waals surface area contributed by atoms with Gasteiger partial charge in [0.15, 0.2) is 0 Å². The van der Waals surface area contributed by atoms with Crippen molar-refractivity contribution in [1.82, 2.24) is 9.97 Å². The van der Waals surface area contributed by atoms with Gasteiger partial charge in [0.1, 0.15) is 17.7 Å². The Morgan fingerprint density at radius 1 is 1.36 bits per heavy atom. The van der Waals surface area contributed by atoms with Crippen molar-refractivity contribution in [3.05, 3.63) is 53.6 Å². The van der Waals surface area contributed by atoms with Crippen molar-refractivity contribution < 1.29 is 18.7 Å². The second-order valence-electron chi connectivity index (χ2n) is 4.97. The molecular weight excluding hydrogens is 292 g/mol. The Bertz CT molecular complexity index is 709. The number of halogens is 2. The van der Waals surface area contributed by atoms with Crippen LogP contribution in [0.3, 0.4) is 0 Å². The normalized spacial score (nSPS) is 16.9. The molecule has 0 radical (unpaired) electrons. The van der Waals surface area contributed by atoms with Gasteiger partial charge in [0.25, 0.3) is 12.3 Å². The SMILES string of the molecule is O=C(c1cc(C(F)F)ncn1)N1c2ccccc2CC1CO. The molecule has 1 amide bonds. The van der Waals surface area contributed by atoms with Crippen LogP contribution in [0.4, 0.5) is 14.5 Å². The van der Waals surface area contributed by atoms with Crippen LogP contribution in [0, 0.1) is 0 Å². The zero-order chi connectivity index (χ0) is 15.7. The maximum absolute atomic E-state index is 12.7. The molecule has 1 aliphatic heterocycles. The number of anilines is 1. The molecule has 3 rings (SSSR count). The van der Waals surface area contributed by atoms with Gasteiger partial charge in [0, 0.05) is 5.69 Å². The Labute approximate surface area is 125 Å². The molecule has 1 aromatic heterocycles. The average Bonchev–Trinajstić information content (AvgIpc) is 2.92. The predicted octanol–water partition coefficient (Wildman–Crippen LogP) is 1.98. The van der Waals surface area contributed by atoms with Crippen LogP contribution in [0.5, 0.6) is 0 Å². The number of fused-ring (bicyclic) bond motifs is 1. The number of nitrogens with zero attached hydrogens (tertiary/aromatic N) is 3. The van der Waals surface area contributed by atoms with Crippen LogP contribution in [0.25, 0.3) is 0 Å². The van der Waals surface area contributed by atoms with Crippen LogP contribution < -0.4 is 4.90 Å². The second kappa shape index (κ2) is 5.76. The molecule has 0 fully saturated rings. The summed E-state index contributed by atoms with van der Waals surface area (Å²) < 4.78 is 25.4. The van der Waals surface area contributed by atoms with Crippen molar-refractivity contribution >= 4 is 11.6 Å². The Morgan fingerprint density at radius 2 is 2.14 bits per heavy atom. The predicted molar refractivity (Wildman–Crippen MR) is 74.8 cm³/mol. The number of hydrogen-bond donors (Lipinski definition) is 1. The summed E-state index contributed by atoms with van der Waals surface area (Å²) in [5, 5.41) is 9.50. The summed E-state index contributed by atoms with van der Waals surface area (Å²) in [4.78, 5) is 21.3. The van der Waals surface area contributed by atoms with E-state index in [1.54, 1.807) is 12.1 Å². The summed E-state index contributed by atoms with van der Waals surface area (Å²) in [6, 6.07) is 7.83. The highest BCUT2D eigenvalue weighted by molar-refractivity contribution is 6.06. The molecule has 22 heavy (non-hydrogen) atoms. The van der Waals surface area contributed by atoms with Crippen LogP contribution >= 0.6 is 0 Å². The molecule has 7 heteroatoms. The minimum Gasteiger partial charge on any atom is -0.394 e. The van der Waals surface area contributed by atoms with E-state index in [-0.39, 0.29) is 12.3 Å². The smallest absolute Gasteiger partial charge is 0.280 e. The number of para-hydroxylation sites is 1. The van der Waals surface area contributed by atoms with Gasteiger partial charge in [-0.15, -0.1) is 0 Å². The lowest BCUT2D eigenvalue weighted by Gasteiger charge is -2.23. The van der Waals surface area contributed by atoms with E-state index in [2.05, 4.69) is 9.97 Å². The second-order valence-corrected chi connectivity index (χ2v) is 4.97. The first-order valence-corrected chi connectivity index (χ1v) is 6.74. The highest BCUT2D eigenvalue weighted by Crippen LogP contribution is 2.33. The quantitative estimate of drug-likeness (QED) is 0.941. The standard InChI is InChI=1S/C15H13F2N3O2/c16-14(17)11-6-12(19-8-18-11)15(22)20-10(7-21)5-9-3-1-2-4-13(9)20/h1-4,6,8,10,14,21H,5,7H2. The largest absolute Gasteiger partial charge is 0.394 e. The number of aromatic nitrogens is 2. The Balaban J connectivity index is 1.99. The molecule has 1 N–H and O–H groups in total. The molecule has 0 aliphatic carbocycles. The zero-order valence-electron chi connectivity index (χ0n) is 11.5. The van der Waals surface area contributed by atoms with Crippen molar-refractivity contribution in [1.29, 1.82) is 0 Å². The van der Waals surface area contributed by atoms with E-state index < -0.39 is 24.1 Å². The lowest BCUT2D eigenvalue weighted by atomic mass is 10.1. The average molecular weight is 305 g/mol. The lowest BCUT2D eigenvalue weighted by Crippen LogP contribution is -2.40. The van der Waals surface area contributed by atoms with Gasteiger partial charge >= 0.3 is 0 Å². The van der Waals surface area contributed by atoms with Crippen LogP contribution in [0.1, 0.15) is 28.2 Å². The van der Waals surface area contributed by atoms with Crippen molar-refractivity contribution in [3.8, 4) is 0 Å². The number of amides is 1. The van der Waals surface area contributed by atoms with Gasteiger partial charge in [0.2, 0.25) is 0 Å². The fraction of sp³-hybridized carbons (Fsp3) is 0.267. The number of benzene rings is 1. The minimum atomic E-state index is -2.77. The van der Waals surface area contributed by atoms with Crippen LogP contribution in [-0.2, 0) is 6.42 Å². The third kappa shape index (κ3) is 2.43. The molecule has 5 nitrogen and oxygen atoms in total. The number of carbonyl (C=O) groups is 1. The Morgan fingerprint density at radius 3 is 2.86 bits per heavy atom. The summed E-state index contributed by atoms with van der Waals surface area (Å²) in [7, 11) is 0. The monoisotopic (exact) mass is 305 g/mol. The Hall–Kier alpha value is -2.41. The number of aliphatic hydroxyl groups is 1. The minimum absolute atomic E-state index is 0.111.